The van der Waals surface area contributed by atoms with E-state index >= 15 is 0 Å². The Morgan fingerprint density at radius 1 is 0.900 bits per heavy atom. The highest BCUT2D eigenvalue weighted by molar-refractivity contribution is 5.19. The van der Waals surface area contributed by atoms with Gasteiger partial charge in [-0.1, -0.05) is 75.8 Å². The van der Waals surface area contributed by atoms with Crippen LogP contribution in [-0.4, -0.2) is 11.7 Å². The van der Waals surface area contributed by atoms with E-state index in [1.807, 2.05) is 37.3 Å². The number of aliphatic hydroxyl groups is 1. The van der Waals surface area contributed by atoms with Gasteiger partial charge in [0.05, 0.1) is 0 Å². The highest BCUT2D eigenvalue weighted by Gasteiger charge is 2.28. The summed E-state index contributed by atoms with van der Waals surface area (Å²) in [5.41, 5.74) is 0.868. The Morgan fingerprint density at radius 2 is 1.50 bits per heavy atom. The Bertz CT molecular complexity index is 337. The Kier molecular flexibility index (Phi) is 8.56. The van der Waals surface area contributed by atoms with Gasteiger partial charge in [-0.15, -0.1) is 0 Å². The van der Waals surface area contributed by atoms with Crippen molar-refractivity contribution < 1.29 is 9.84 Å². The second-order valence-electron chi connectivity index (χ2n) is 5.45. The number of ether oxygens (including phenoxy) is 1. The second kappa shape index (κ2) is 9.95. The van der Waals surface area contributed by atoms with Gasteiger partial charge in [-0.3, -0.25) is 0 Å². The molecule has 0 heterocycles. The quantitative estimate of drug-likeness (QED) is 0.455. The number of hydrogen-bond acceptors (Lipinski definition) is 2. The van der Waals surface area contributed by atoms with E-state index in [1.165, 1.54) is 38.5 Å². The lowest BCUT2D eigenvalue weighted by Crippen LogP contribution is -2.29. The van der Waals surface area contributed by atoms with E-state index in [-0.39, 0.29) is 0 Å². The molecule has 0 aliphatic carbocycles. The van der Waals surface area contributed by atoms with Gasteiger partial charge >= 0.3 is 0 Å². The third-order valence-corrected chi connectivity index (χ3v) is 3.73. The van der Waals surface area contributed by atoms with Gasteiger partial charge in [-0.25, -0.2) is 0 Å². The zero-order valence-corrected chi connectivity index (χ0v) is 13.1. The van der Waals surface area contributed by atoms with E-state index in [0.717, 1.165) is 12.0 Å². The molecule has 20 heavy (non-hydrogen) atoms. The molecule has 0 aliphatic heterocycles. The molecule has 2 heteroatoms. The first-order chi connectivity index (χ1) is 9.73. The lowest BCUT2D eigenvalue weighted by atomic mass is 9.98. The maximum absolute atomic E-state index is 10.7. The maximum atomic E-state index is 10.7. The van der Waals surface area contributed by atoms with Crippen molar-refractivity contribution in [1.29, 1.82) is 0 Å². The van der Waals surface area contributed by atoms with Crippen LogP contribution in [0.4, 0.5) is 0 Å². The van der Waals surface area contributed by atoms with Crippen molar-refractivity contribution in [3.05, 3.63) is 35.9 Å². The summed E-state index contributed by atoms with van der Waals surface area (Å²) in [5, 5.41) is 10.7. The molecule has 1 aromatic rings. The van der Waals surface area contributed by atoms with Crippen LogP contribution in [0.15, 0.2) is 30.3 Å². The van der Waals surface area contributed by atoms with E-state index in [4.69, 9.17) is 4.74 Å². The standard InChI is InChI=1S/C18H30O2/c1-3-5-6-7-8-9-13-16-18(19,20-4-2)17-14-11-10-12-15-17/h10-12,14-15,19H,3-9,13,16H2,1-2H3. The first-order valence-corrected chi connectivity index (χ1v) is 8.14. The first-order valence-electron chi connectivity index (χ1n) is 8.14. The van der Waals surface area contributed by atoms with Crippen LogP contribution in [0.5, 0.6) is 0 Å². The summed E-state index contributed by atoms with van der Waals surface area (Å²) in [6, 6.07) is 9.74. The average Bonchev–Trinajstić information content (AvgIpc) is 2.47. The van der Waals surface area contributed by atoms with E-state index < -0.39 is 5.79 Å². The molecular formula is C18H30O2. The van der Waals surface area contributed by atoms with Gasteiger partial charge < -0.3 is 9.84 Å². The summed E-state index contributed by atoms with van der Waals surface area (Å²) in [6.45, 7) is 4.70. The molecule has 0 saturated heterocycles. The van der Waals surface area contributed by atoms with Crippen LogP contribution in [0.25, 0.3) is 0 Å². The Hall–Kier alpha value is -0.860. The van der Waals surface area contributed by atoms with Gasteiger partial charge in [0.15, 0.2) is 5.79 Å². The largest absolute Gasteiger partial charge is 0.362 e. The minimum atomic E-state index is -1.11. The minimum absolute atomic E-state index is 0.530. The fourth-order valence-corrected chi connectivity index (χ4v) is 2.56. The van der Waals surface area contributed by atoms with Crippen LogP contribution < -0.4 is 0 Å². The lowest BCUT2D eigenvalue weighted by Gasteiger charge is -2.28. The van der Waals surface area contributed by atoms with Crippen molar-refractivity contribution in [1.82, 2.24) is 0 Å². The predicted octanol–water partition coefficient (Wildman–Crippen LogP) is 5.01. The van der Waals surface area contributed by atoms with Crippen molar-refractivity contribution >= 4 is 0 Å². The molecule has 0 aliphatic rings. The van der Waals surface area contributed by atoms with Crippen LogP contribution in [0.1, 0.15) is 70.8 Å². The summed E-state index contributed by atoms with van der Waals surface area (Å²) in [7, 11) is 0. The van der Waals surface area contributed by atoms with Crippen molar-refractivity contribution in [3.63, 3.8) is 0 Å². The number of unbranched alkanes of at least 4 members (excludes halogenated alkanes) is 6. The summed E-state index contributed by atoms with van der Waals surface area (Å²) >= 11 is 0. The molecular weight excluding hydrogens is 248 g/mol. The molecule has 1 rings (SSSR count). The Morgan fingerprint density at radius 3 is 2.10 bits per heavy atom. The van der Waals surface area contributed by atoms with Crippen molar-refractivity contribution in [2.45, 2.75) is 71.0 Å². The van der Waals surface area contributed by atoms with Crippen molar-refractivity contribution in [2.24, 2.45) is 0 Å². The Balaban J connectivity index is 2.36. The number of hydrogen-bond donors (Lipinski definition) is 1. The molecule has 0 fully saturated rings. The maximum Gasteiger partial charge on any atom is 0.192 e. The van der Waals surface area contributed by atoms with Crippen LogP contribution in [0, 0.1) is 0 Å². The molecule has 0 aromatic heterocycles. The smallest absolute Gasteiger partial charge is 0.192 e. The topological polar surface area (TPSA) is 29.5 Å². The molecule has 1 atom stereocenters. The van der Waals surface area contributed by atoms with Gasteiger partial charge in [0, 0.05) is 18.6 Å². The fourth-order valence-electron chi connectivity index (χ4n) is 2.56. The van der Waals surface area contributed by atoms with E-state index in [9.17, 15) is 5.11 Å². The molecule has 0 amide bonds. The SMILES string of the molecule is CCCCCCCCCC(O)(OCC)c1ccccc1. The third-order valence-electron chi connectivity index (χ3n) is 3.73. The van der Waals surface area contributed by atoms with Gasteiger partial charge in [0.2, 0.25) is 0 Å². The normalized spacial score (nSPS) is 14.2. The highest BCUT2D eigenvalue weighted by atomic mass is 16.6. The predicted molar refractivity (Wildman–Crippen MR) is 84.6 cm³/mol. The van der Waals surface area contributed by atoms with E-state index in [1.54, 1.807) is 0 Å². The summed E-state index contributed by atoms with van der Waals surface area (Å²) in [6.07, 6.45) is 9.40. The fraction of sp³-hybridized carbons (Fsp3) is 0.667. The molecule has 0 saturated carbocycles. The summed E-state index contributed by atoms with van der Waals surface area (Å²) < 4.78 is 5.62. The first kappa shape index (κ1) is 17.2. The van der Waals surface area contributed by atoms with Crippen LogP contribution >= 0.6 is 0 Å². The van der Waals surface area contributed by atoms with Crippen molar-refractivity contribution in [2.75, 3.05) is 6.61 Å². The third kappa shape index (κ3) is 6.06. The number of benzene rings is 1. The van der Waals surface area contributed by atoms with Gasteiger partial charge in [-0.05, 0) is 13.3 Å². The molecule has 1 unspecified atom stereocenters. The second-order valence-corrected chi connectivity index (χ2v) is 5.45. The molecule has 0 bridgehead atoms. The monoisotopic (exact) mass is 278 g/mol. The van der Waals surface area contributed by atoms with E-state index in [0.29, 0.717) is 13.0 Å². The van der Waals surface area contributed by atoms with Gasteiger partial charge in [0.25, 0.3) is 0 Å². The summed E-state index contributed by atoms with van der Waals surface area (Å²) in [5.74, 6) is -1.11. The van der Waals surface area contributed by atoms with Crippen LogP contribution in [0.2, 0.25) is 0 Å². The number of rotatable bonds is 11. The zero-order chi connectivity index (χ0) is 14.7. The Labute approximate surface area is 124 Å². The highest BCUT2D eigenvalue weighted by Crippen LogP contribution is 2.29. The van der Waals surface area contributed by atoms with Crippen LogP contribution in [-0.2, 0) is 10.5 Å². The van der Waals surface area contributed by atoms with E-state index in [2.05, 4.69) is 6.92 Å². The summed E-state index contributed by atoms with van der Waals surface area (Å²) in [4.78, 5) is 0. The van der Waals surface area contributed by atoms with Crippen LogP contribution in [0.3, 0.4) is 0 Å². The van der Waals surface area contributed by atoms with Crippen molar-refractivity contribution in [3.8, 4) is 0 Å². The molecule has 114 valence electrons. The van der Waals surface area contributed by atoms with Gasteiger partial charge in [-0.2, -0.15) is 0 Å². The molecule has 0 spiro atoms. The molecule has 1 aromatic carbocycles. The lowest BCUT2D eigenvalue weighted by molar-refractivity contribution is -0.215. The average molecular weight is 278 g/mol. The molecule has 2 nitrogen and oxygen atoms in total. The molecule has 0 radical (unpaired) electrons. The minimum Gasteiger partial charge on any atom is -0.362 e. The molecule has 1 N–H and O–H groups in total. The van der Waals surface area contributed by atoms with Gasteiger partial charge in [0.1, 0.15) is 0 Å². The zero-order valence-electron chi connectivity index (χ0n) is 13.1.